The number of hydrogen-bond acceptors (Lipinski definition) is 3. The second-order valence-electron chi connectivity index (χ2n) is 6.65. The van der Waals surface area contributed by atoms with Crippen LogP contribution in [-0.2, 0) is 5.41 Å². The van der Waals surface area contributed by atoms with E-state index in [4.69, 9.17) is 9.47 Å². The number of benzene rings is 2. The number of amides is 1. The number of nitrogens with one attached hydrogen (secondary N) is 1. The first-order valence-electron chi connectivity index (χ1n) is 8.11. The van der Waals surface area contributed by atoms with E-state index in [2.05, 4.69) is 5.32 Å². The van der Waals surface area contributed by atoms with E-state index in [1.54, 1.807) is 6.07 Å². The molecule has 0 bridgehead atoms. The average molecular weight is 365 g/mol. The van der Waals surface area contributed by atoms with Gasteiger partial charge in [0.15, 0.2) is 29.0 Å². The second-order valence-corrected chi connectivity index (χ2v) is 6.65. The third kappa shape index (κ3) is 3.47. The van der Waals surface area contributed by atoms with Crippen LogP contribution in [0.1, 0.15) is 29.8 Å². The summed E-state index contributed by atoms with van der Waals surface area (Å²) >= 11 is 0. The highest BCUT2D eigenvalue weighted by molar-refractivity contribution is 5.94. The van der Waals surface area contributed by atoms with Gasteiger partial charge in [-0.05, 0) is 29.8 Å². The molecule has 0 saturated heterocycles. The monoisotopic (exact) mass is 365 g/mol. The van der Waals surface area contributed by atoms with Crippen molar-refractivity contribution >= 4 is 5.91 Å². The molecule has 1 aliphatic rings. The minimum absolute atomic E-state index is 0.157. The Kier molecular flexibility index (Phi) is 4.80. The standard InChI is InChI=1S/C19H18F3NO3/c1-19(2,11-3-6-14-15(9-11)26-8-7-25-14)10-23-18(24)12-4-5-13(20)17(22)16(12)21/h3-6,9H,7-8,10H2,1-2H3,(H,23,24). The number of halogens is 3. The zero-order valence-electron chi connectivity index (χ0n) is 14.4. The lowest BCUT2D eigenvalue weighted by atomic mass is 9.84. The van der Waals surface area contributed by atoms with Gasteiger partial charge in [-0.2, -0.15) is 0 Å². The van der Waals surface area contributed by atoms with E-state index in [0.717, 1.165) is 17.7 Å². The van der Waals surface area contributed by atoms with Crippen LogP contribution in [0.25, 0.3) is 0 Å². The van der Waals surface area contributed by atoms with Crippen LogP contribution in [-0.4, -0.2) is 25.7 Å². The number of fused-ring (bicyclic) bond motifs is 1. The number of ether oxygens (including phenoxy) is 2. The predicted octanol–water partition coefficient (Wildman–Crippen LogP) is 3.58. The molecule has 0 spiro atoms. The maximum Gasteiger partial charge on any atom is 0.254 e. The molecule has 0 radical (unpaired) electrons. The summed E-state index contributed by atoms with van der Waals surface area (Å²) < 4.78 is 51.1. The highest BCUT2D eigenvalue weighted by Gasteiger charge is 2.26. The van der Waals surface area contributed by atoms with Crippen molar-refractivity contribution in [3.63, 3.8) is 0 Å². The molecular formula is C19H18F3NO3. The van der Waals surface area contributed by atoms with Crippen molar-refractivity contribution in [1.82, 2.24) is 5.32 Å². The molecule has 138 valence electrons. The minimum Gasteiger partial charge on any atom is -0.486 e. The minimum atomic E-state index is -1.66. The van der Waals surface area contributed by atoms with Crippen LogP contribution in [0.2, 0.25) is 0 Å². The number of carbonyl (C=O) groups is 1. The largest absolute Gasteiger partial charge is 0.486 e. The average Bonchev–Trinajstić information content (AvgIpc) is 2.64. The van der Waals surface area contributed by atoms with E-state index in [-0.39, 0.29) is 6.54 Å². The summed E-state index contributed by atoms with van der Waals surface area (Å²) in [6, 6.07) is 7.12. The molecular weight excluding hydrogens is 347 g/mol. The molecule has 26 heavy (non-hydrogen) atoms. The van der Waals surface area contributed by atoms with E-state index in [9.17, 15) is 18.0 Å². The van der Waals surface area contributed by atoms with Crippen molar-refractivity contribution in [2.45, 2.75) is 19.3 Å². The van der Waals surface area contributed by atoms with Gasteiger partial charge < -0.3 is 14.8 Å². The molecule has 2 aromatic carbocycles. The summed E-state index contributed by atoms with van der Waals surface area (Å²) in [5.74, 6) is -4.03. The lowest BCUT2D eigenvalue weighted by Crippen LogP contribution is -2.37. The number of hydrogen-bond donors (Lipinski definition) is 1. The van der Waals surface area contributed by atoms with E-state index in [1.807, 2.05) is 26.0 Å². The van der Waals surface area contributed by atoms with E-state index < -0.39 is 34.3 Å². The second kappa shape index (κ2) is 6.90. The molecule has 1 aliphatic heterocycles. The first-order valence-corrected chi connectivity index (χ1v) is 8.11. The van der Waals surface area contributed by atoms with E-state index >= 15 is 0 Å². The molecule has 2 aromatic rings. The molecule has 1 amide bonds. The summed E-state index contributed by atoms with van der Waals surface area (Å²) in [7, 11) is 0. The lowest BCUT2D eigenvalue weighted by Gasteiger charge is -2.28. The molecule has 0 unspecified atom stereocenters. The smallest absolute Gasteiger partial charge is 0.254 e. The Morgan fingerprint density at radius 3 is 2.46 bits per heavy atom. The number of rotatable bonds is 4. The molecule has 0 fully saturated rings. The Hall–Kier alpha value is -2.70. The quantitative estimate of drug-likeness (QED) is 0.843. The van der Waals surface area contributed by atoms with Gasteiger partial charge in [0.05, 0.1) is 5.56 Å². The summed E-state index contributed by atoms with van der Waals surface area (Å²) in [4.78, 5) is 12.2. The van der Waals surface area contributed by atoms with Crippen molar-refractivity contribution in [1.29, 1.82) is 0 Å². The van der Waals surface area contributed by atoms with Crippen LogP contribution < -0.4 is 14.8 Å². The van der Waals surface area contributed by atoms with Gasteiger partial charge in [-0.1, -0.05) is 19.9 Å². The molecule has 0 aliphatic carbocycles. The van der Waals surface area contributed by atoms with Gasteiger partial charge in [-0.25, -0.2) is 13.2 Å². The Morgan fingerprint density at radius 1 is 1.04 bits per heavy atom. The normalized spacial score (nSPS) is 13.4. The van der Waals surface area contributed by atoms with Crippen molar-refractivity contribution in [2.75, 3.05) is 19.8 Å². The Morgan fingerprint density at radius 2 is 1.73 bits per heavy atom. The molecule has 1 heterocycles. The topological polar surface area (TPSA) is 47.6 Å². The maximum atomic E-state index is 13.7. The third-order valence-corrected chi connectivity index (χ3v) is 4.29. The molecule has 4 nitrogen and oxygen atoms in total. The van der Waals surface area contributed by atoms with E-state index in [0.29, 0.717) is 24.7 Å². The Labute approximate surface area is 148 Å². The van der Waals surface area contributed by atoms with Crippen molar-refractivity contribution < 1.29 is 27.4 Å². The molecule has 3 rings (SSSR count). The van der Waals surface area contributed by atoms with Crippen LogP contribution in [0.5, 0.6) is 11.5 Å². The van der Waals surface area contributed by atoms with Crippen molar-refractivity contribution in [3.05, 3.63) is 58.9 Å². The molecule has 7 heteroatoms. The highest BCUT2D eigenvalue weighted by atomic mass is 19.2. The fraction of sp³-hybridized carbons (Fsp3) is 0.316. The van der Waals surface area contributed by atoms with Crippen LogP contribution >= 0.6 is 0 Å². The Balaban J connectivity index is 1.74. The van der Waals surface area contributed by atoms with Crippen molar-refractivity contribution in [2.24, 2.45) is 0 Å². The number of carbonyl (C=O) groups excluding carboxylic acids is 1. The first-order chi connectivity index (χ1) is 12.3. The van der Waals surface area contributed by atoms with Crippen LogP contribution in [0.3, 0.4) is 0 Å². The van der Waals surface area contributed by atoms with Gasteiger partial charge in [0.25, 0.3) is 5.91 Å². The highest BCUT2D eigenvalue weighted by Crippen LogP contribution is 2.35. The summed E-state index contributed by atoms with van der Waals surface area (Å²) in [6.45, 7) is 4.89. The van der Waals surface area contributed by atoms with Crippen LogP contribution in [0.15, 0.2) is 30.3 Å². The van der Waals surface area contributed by atoms with Crippen molar-refractivity contribution in [3.8, 4) is 11.5 Å². The van der Waals surface area contributed by atoms with Crippen LogP contribution in [0.4, 0.5) is 13.2 Å². The predicted molar refractivity (Wildman–Crippen MR) is 89.1 cm³/mol. The van der Waals surface area contributed by atoms with Gasteiger partial charge in [0.2, 0.25) is 0 Å². The fourth-order valence-electron chi connectivity index (χ4n) is 2.66. The Bertz CT molecular complexity index is 852. The summed E-state index contributed by atoms with van der Waals surface area (Å²) in [5, 5.41) is 2.57. The third-order valence-electron chi connectivity index (χ3n) is 4.29. The van der Waals surface area contributed by atoms with Gasteiger partial charge in [-0.15, -0.1) is 0 Å². The maximum absolute atomic E-state index is 13.7. The molecule has 0 saturated carbocycles. The van der Waals surface area contributed by atoms with Gasteiger partial charge in [0, 0.05) is 12.0 Å². The fourth-order valence-corrected chi connectivity index (χ4v) is 2.66. The zero-order valence-corrected chi connectivity index (χ0v) is 14.4. The summed E-state index contributed by atoms with van der Waals surface area (Å²) in [5.41, 5.74) is -0.171. The SMILES string of the molecule is CC(C)(CNC(=O)c1ccc(F)c(F)c1F)c1ccc2c(c1)OCCO2. The summed E-state index contributed by atoms with van der Waals surface area (Å²) in [6.07, 6.45) is 0. The van der Waals surface area contributed by atoms with E-state index in [1.165, 1.54) is 0 Å². The lowest BCUT2D eigenvalue weighted by molar-refractivity contribution is 0.0940. The first kappa shape index (κ1) is 18.1. The zero-order chi connectivity index (χ0) is 18.9. The molecule has 0 aromatic heterocycles. The van der Waals surface area contributed by atoms with Gasteiger partial charge in [0.1, 0.15) is 13.2 Å². The van der Waals surface area contributed by atoms with Gasteiger partial charge >= 0.3 is 0 Å². The van der Waals surface area contributed by atoms with Gasteiger partial charge in [-0.3, -0.25) is 4.79 Å². The molecule has 1 N–H and O–H groups in total. The van der Waals surface area contributed by atoms with Crippen LogP contribution in [0, 0.1) is 17.5 Å². The molecule has 0 atom stereocenters.